The summed E-state index contributed by atoms with van der Waals surface area (Å²) in [5, 5.41) is 0.820. The van der Waals surface area contributed by atoms with Crippen molar-refractivity contribution in [1.82, 2.24) is 9.88 Å². The lowest BCUT2D eigenvalue weighted by Gasteiger charge is -2.22. The molecule has 2 heterocycles. The van der Waals surface area contributed by atoms with Crippen molar-refractivity contribution in [3.8, 4) is 0 Å². The smallest absolute Gasteiger partial charge is 0.123 e. The van der Waals surface area contributed by atoms with Crippen LogP contribution in [-0.2, 0) is 6.54 Å². The van der Waals surface area contributed by atoms with Gasteiger partial charge in [-0.2, -0.15) is 0 Å². The highest BCUT2D eigenvalue weighted by atomic mass is 19.1. The summed E-state index contributed by atoms with van der Waals surface area (Å²) in [5.74, 6) is 0.695. The second-order valence-electron chi connectivity index (χ2n) is 5.25. The van der Waals surface area contributed by atoms with Gasteiger partial charge in [0.2, 0.25) is 0 Å². The number of fused-ring (bicyclic) bond motifs is 1. The van der Waals surface area contributed by atoms with E-state index < -0.39 is 0 Å². The molecule has 0 aliphatic carbocycles. The molecule has 0 bridgehead atoms. The predicted molar refractivity (Wildman–Crippen MR) is 80.3 cm³/mol. The molecule has 4 heteroatoms. The zero-order valence-electron chi connectivity index (χ0n) is 12.1. The molecule has 21 heavy (non-hydrogen) atoms. The molecule has 0 spiro atoms. The Morgan fingerprint density at radius 1 is 1.24 bits per heavy atom. The summed E-state index contributed by atoms with van der Waals surface area (Å²) in [4.78, 5) is 6.74. The van der Waals surface area contributed by atoms with E-state index in [4.69, 9.17) is 4.42 Å². The topological polar surface area (TPSA) is 29.3 Å². The molecule has 0 fully saturated rings. The Balaban J connectivity index is 1.79. The van der Waals surface area contributed by atoms with Crippen LogP contribution in [0.1, 0.15) is 24.4 Å². The van der Waals surface area contributed by atoms with Crippen molar-refractivity contribution >= 4 is 10.9 Å². The number of halogens is 1. The lowest BCUT2D eigenvalue weighted by molar-refractivity contribution is 0.221. The molecule has 0 radical (unpaired) electrons. The molecule has 1 atom stereocenters. The Kier molecular flexibility index (Phi) is 3.71. The van der Waals surface area contributed by atoms with E-state index in [0.29, 0.717) is 6.54 Å². The molecular weight excluding hydrogens is 267 g/mol. The second-order valence-corrected chi connectivity index (χ2v) is 5.25. The molecule has 0 saturated heterocycles. The summed E-state index contributed by atoms with van der Waals surface area (Å²) in [6.45, 7) is 2.80. The van der Waals surface area contributed by atoms with Crippen molar-refractivity contribution in [2.45, 2.75) is 19.5 Å². The van der Waals surface area contributed by atoms with Crippen LogP contribution in [-0.4, -0.2) is 16.9 Å². The monoisotopic (exact) mass is 284 g/mol. The fraction of sp³-hybridized carbons (Fsp3) is 0.235. The quantitative estimate of drug-likeness (QED) is 0.720. The first-order valence-electron chi connectivity index (χ1n) is 6.92. The van der Waals surface area contributed by atoms with Gasteiger partial charge < -0.3 is 4.42 Å². The minimum atomic E-state index is -0.236. The van der Waals surface area contributed by atoms with Crippen LogP contribution in [0.15, 0.2) is 53.1 Å². The van der Waals surface area contributed by atoms with Crippen molar-refractivity contribution in [3.63, 3.8) is 0 Å². The summed E-state index contributed by atoms with van der Waals surface area (Å²) in [5.41, 5.74) is 1.77. The molecule has 3 aromatic rings. The van der Waals surface area contributed by atoms with Crippen molar-refractivity contribution in [2.24, 2.45) is 0 Å². The third kappa shape index (κ3) is 2.95. The van der Waals surface area contributed by atoms with Crippen LogP contribution in [0.4, 0.5) is 4.39 Å². The average Bonchev–Trinajstić information content (AvgIpc) is 3.00. The van der Waals surface area contributed by atoms with Crippen LogP contribution in [0, 0.1) is 5.82 Å². The lowest BCUT2D eigenvalue weighted by Crippen LogP contribution is -2.22. The van der Waals surface area contributed by atoms with Gasteiger partial charge in [-0.3, -0.25) is 9.88 Å². The van der Waals surface area contributed by atoms with Gasteiger partial charge in [0, 0.05) is 11.9 Å². The molecule has 1 unspecified atom stereocenters. The Hall–Kier alpha value is -2.20. The number of nitrogens with zero attached hydrogens (tertiary/aromatic N) is 2. The van der Waals surface area contributed by atoms with E-state index in [0.717, 1.165) is 22.4 Å². The van der Waals surface area contributed by atoms with Crippen molar-refractivity contribution in [1.29, 1.82) is 0 Å². The maximum atomic E-state index is 13.2. The fourth-order valence-corrected chi connectivity index (χ4v) is 2.37. The highest BCUT2D eigenvalue weighted by molar-refractivity contribution is 5.78. The SMILES string of the molecule is CC(c1ccco1)N(C)Cc1ccc2cc(F)ccc2n1. The first kappa shape index (κ1) is 13.8. The predicted octanol–water partition coefficient (Wildman–Crippen LogP) is 4.16. The van der Waals surface area contributed by atoms with Crippen LogP contribution < -0.4 is 0 Å². The Bertz CT molecular complexity index is 740. The van der Waals surface area contributed by atoms with Gasteiger partial charge in [0.25, 0.3) is 0 Å². The number of hydrogen-bond acceptors (Lipinski definition) is 3. The molecule has 1 aromatic carbocycles. The first-order chi connectivity index (χ1) is 10.1. The van der Waals surface area contributed by atoms with Crippen LogP contribution in [0.5, 0.6) is 0 Å². The molecule has 0 aliphatic rings. The largest absolute Gasteiger partial charge is 0.468 e. The van der Waals surface area contributed by atoms with E-state index in [9.17, 15) is 4.39 Å². The molecule has 108 valence electrons. The van der Waals surface area contributed by atoms with Gasteiger partial charge in [-0.25, -0.2) is 4.39 Å². The average molecular weight is 284 g/mol. The molecule has 0 N–H and O–H groups in total. The van der Waals surface area contributed by atoms with Gasteiger partial charge in [0.1, 0.15) is 11.6 Å². The number of benzene rings is 1. The normalized spacial score (nSPS) is 13.0. The van der Waals surface area contributed by atoms with Crippen LogP contribution in [0.3, 0.4) is 0 Å². The van der Waals surface area contributed by atoms with Gasteiger partial charge in [0.05, 0.1) is 23.5 Å². The van der Waals surface area contributed by atoms with Crippen LogP contribution in [0.2, 0.25) is 0 Å². The number of hydrogen-bond donors (Lipinski definition) is 0. The van der Waals surface area contributed by atoms with E-state index in [1.54, 1.807) is 12.3 Å². The Morgan fingerprint density at radius 2 is 2.10 bits per heavy atom. The van der Waals surface area contributed by atoms with Gasteiger partial charge in [0.15, 0.2) is 0 Å². The molecule has 2 aromatic heterocycles. The second kappa shape index (κ2) is 5.66. The highest BCUT2D eigenvalue weighted by Crippen LogP contribution is 2.21. The van der Waals surface area contributed by atoms with Crippen LogP contribution in [0.25, 0.3) is 10.9 Å². The molecule has 0 saturated carbocycles. The first-order valence-corrected chi connectivity index (χ1v) is 6.92. The number of aromatic nitrogens is 1. The summed E-state index contributed by atoms with van der Waals surface area (Å²) < 4.78 is 18.6. The minimum absolute atomic E-state index is 0.172. The Labute approximate surface area is 123 Å². The van der Waals surface area contributed by atoms with E-state index in [-0.39, 0.29) is 11.9 Å². The van der Waals surface area contributed by atoms with E-state index in [1.807, 2.05) is 31.3 Å². The summed E-state index contributed by atoms with van der Waals surface area (Å²) >= 11 is 0. The van der Waals surface area contributed by atoms with Gasteiger partial charge in [-0.05, 0) is 50.4 Å². The number of pyridine rings is 1. The Morgan fingerprint density at radius 3 is 2.86 bits per heavy atom. The molecule has 0 aliphatic heterocycles. The van der Waals surface area contributed by atoms with E-state index >= 15 is 0 Å². The number of rotatable bonds is 4. The van der Waals surface area contributed by atoms with E-state index in [2.05, 4.69) is 16.8 Å². The third-order valence-corrected chi connectivity index (χ3v) is 3.74. The summed E-state index contributed by atoms with van der Waals surface area (Å²) in [6.07, 6.45) is 1.68. The zero-order valence-corrected chi connectivity index (χ0v) is 12.1. The zero-order chi connectivity index (χ0) is 14.8. The van der Waals surface area contributed by atoms with E-state index in [1.165, 1.54) is 12.1 Å². The maximum absolute atomic E-state index is 13.2. The maximum Gasteiger partial charge on any atom is 0.123 e. The van der Waals surface area contributed by atoms with Crippen molar-refractivity contribution < 1.29 is 8.81 Å². The van der Waals surface area contributed by atoms with Crippen molar-refractivity contribution in [2.75, 3.05) is 7.05 Å². The molecular formula is C17H17FN2O. The van der Waals surface area contributed by atoms with Crippen molar-refractivity contribution in [3.05, 3.63) is 66.0 Å². The fourth-order valence-electron chi connectivity index (χ4n) is 2.37. The lowest BCUT2D eigenvalue weighted by atomic mass is 10.2. The molecule has 0 amide bonds. The van der Waals surface area contributed by atoms with Gasteiger partial charge in [-0.15, -0.1) is 0 Å². The highest BCUT2D eigenvalue weighted by Gasteiger charge is 2.15. The minimum Gasteiger partial charge on any atom is -0.468 e. The van der Waals surface area contributed by atoms with Gasteiger partial charge in [-0.1, -0.05) is 6.07 Å². The van der Waals surface area contributed by atoms with Crippen LogP contribution >= 0.6 is 0 Å². The summed E-state index contributed by atoms with van der Waals surface area (Å²) in [6, 6.07) is 12.5. The molecule has 3 nitrogen and oxygen atoms in total. The third-order valence-electron chi connectivity index (χ3n) is 3.74. The summed E-state index contributed by atoms with van der Waals surface area (Å²) in [7, 11) is 2.03. The molecule has 3 rings (SSSR count). The van der Waals surface area contributed by atoms with Gasteiger partial charge >= 0.3 is 0 Å². The number of furan rings is 1. The standard InChI is InChI=1S/C17H17FN2O/c1-12(17-4-3-9-21-17)20(2)11-15-7-5-13-10-14(18)6-8-16(13)19-15/h3-10,12H,11H2,1-2H3.